The van der Waals surface area contributed by atoms with E-state index in [2.05, 4.69) is 4.98 Å². The van der Waals surface area contributed by atoms with Gasteiger partial charge in [-0.25, -0.2) is 4.98 Å². The summed E-state index contributed by atoms with van der Waals surface area (Å²) in [5.74, 6) is 0.825. The van der Waals surface area contributed by atoms with E-state index in [0.29, 0.717) is 6.54 Å². The van der Waals surface area contributed by atoms with Crippen molar-refractivity contribution in [1.82, 2.24) is 4.98 Å². The summed E-state index contributed by atoms with van der Waals surface area (Å²) < 4.78 is 5.76. The first-order chi connectivity index (χ1) is 8.36. The number of furan rings is 1. The highest BCUT2D eigenvalue weighted by atomic mass is 32.1. The van der Waals surface area contributed by atoms with Crippen molar-refractivity contribution in [3.05, 3.63) is 40.7 Å². The zero-order chi connectivity index (χ0) is 11.7. The van der Waals surface area contributed by atoms with Gasteiger partial charge in [0.25, 0.3) is 0 Å². The van der Waals surface area contributed by atoms with Crippen molar-refractivity contribution < 1.29 is 4.42 Å². The molecule has 0 unspecified atom stereocenters. The van der Waals surface area contributed by atoms with Crippen molar-refractivity contribution in [3.8, 4) is 11.5 Å². The van der Waals surface area contributed by atoms with Gasteiger partial charge >= 0.3 is 0 Å². The lowest BCUT2D eigenvalue weighted by molar-refractivity contribution is 0.629. The van der Waals surface area contributed by atoms with E-state index in [4.69, 9.17) is 10.2 Å². The molecular formula is C13H12N2OS. The Morgan fingerprint density at radius 3 is 3.00 bits per heavy atom. The molecule has 4 heteroatoms. The minimum atomic E-state index is 0.632. The van der Waals surface area contributed by atoms with Crippen molar-refractivity contribution >= 4 is 22.3 Å². The second-order valence-corrected chi connectivity index (χ2v) is 4.76. The number of hydrogen-bond donors (Lipinski definition) is 1. The topological polar surface area (TPSA) is 52.0 Å². The normalized spacial score (nSPS) is 11.1. The van der Waals surface area contributed by atoms with E-state index in [0.717, 1.165) is 33.9 Å². The SMILES string of the molecule is NCCc1nc(-c2cc3ccccc3o2)cs1. The van der Waals surface area contributed by atoms with E-state index >= 15 is 0 Å². The molecule has 0 saturated carbocycles. The van der Waals surface area contributed by atoms with Crippen LogP contribution in [0.1, 0.15) is 5.01 Å². The van der Waals surface area contributed by atoms with Gasteiger partial charge in [0.2, 0.25) is 0 Å². The van der Waals surface area contributed by atoms with Crippen LogP contribution in [0.4, 0.5) is 0 Å². The quantitative estimate of drug-likeness (QED) is 0.770. The molecule has 2 heterocycles. The van der Waals surface area contributed by atoms with E-state index in [9.17, 15) is 0 Å². The first-order valence-electron chi connectivity index (χ1n) is 5.50. The lowest BCUT2D eigenvalue weighted by Crippen LogP contribution is -2.01. The van der Waals surface area contributed by atoms with Gasteiger partial charge in [0.05, 0.1) is 5.01 Å². The molecule has 0 atom stereocenters. The van der Waals surface area contributed by atoms with Gasteiger partial charge in [0.1, 0.15) is 11.3 Å². The van der Waals surface area contributed by atoms with E-state index in [1.165, 1.54) is 0 Å². The van der Waals surface area contributed by atoms with Crippen LogP contribution in [-0.4, -0.2) is 11.5 Å². The summed E-state index contributed by atoms with van der Waals surface area (Å²) in [5, 5.41) is 4.18. The Balaban J connectivity index is 2.01. The monoisotopic (exact) mass is 244 g/mol. The van der Waals surface area contributed by atoms with E-state index in [1.54, 1.807) is 11.3 Å². The highest BCUT2D eigenvalue weighted by molar-refractivity contribution is 7.09. The molecule has 0 spiro atoms. The van der Waals surface area contributed by atoms with Crippen LogP contribution < -0.4 is 5.73 Å². The summed E-state index contributed by atoms with van der Waals surface area (Å²) >= 11 is 1.63. The molecule has 2 aromatic heterocycles. The maximum absolute atomic E-state index is 5.76. The molecule has 0 aliphatic rings. The zero-order valence-electron chi connectivity index (χ0n) is 9.22. The van der Waals surface area contributed by atoms with E-state index < -0.39 is 0 Å². The molecule has 0 saturated heterocycles. The maximum Gasteiger partial charge on any atom is 0.154 e. The maximum atomic E-state index is 5.76. The number of aromatic nitrogens is 1. The van der Waals surface area contributed by atoms with Crippen molar-refractivity contribution in [3.63, 3.8) is 0 Å². The molecule has 2 N–H and O–H groups in total. The van der Waals surface area contributed by atoms with Gasteiger partial charge in [0.15, 0.2) is 5.76 Å². The lowest BCUT2D eigenvalue weighted by atomic mass is 10.2. The molecule has 3 aromatic rings. The Hall–Kier alpha value is -1.65. The Morgan fingerprint density at radius 1 is 1.29 bits per heavy atom. The summed E-state index contributed by atoms with van der Waals surface area (Å²) in [6.45, 7) is 0.632. The predicted octanol–water partition coefficient (Wildman–Crippen LogP) is 3.06. The van der Waals surface area contributed by atoms with Gasteiger partial charge in [-0.2, -0.15) is 0 Å². The summed E-state index contributed by atoms with van der Waals surface area (Å²) in [5.41, 5.74) is 7.31. The number of para-hydroxylation sites is 1. The van der Waals surface area contributed by atoms with Gasteiger partial charge < -0.3 is 10.2 Å². The van der Waals surface area contributed by atoms with Crippen LogP contribution in [0.15, 0.2) is 40.1 Å². The third-order valence-electron chi connectivity index (χ3n) is 2.59. The molecule has 0 amide bonds. The number of nitrogens with two attached hydrogens (primary N) is 1. The highest BCUT2D eigenvalue weighted by Crippen LogP contribution is 2.28. The summed E-state index contributed by atoms with van der Waals surface area (Å²) in [6.07, 6.45) is 0.824. The second-order valence-electron chi connectivity index (χ2n) is 3.81. The molecule has 1 aromatic carbocycles. The lowest BCUT2D eigenvalue weighted by Gasteiger charge is -1.89. The molecule has 3 rings (SSSR count). The second kappa shape index (κ2) is 4.31. The highest BCUT2D eigenvalue weighted by Gasteiger charge is 2.09. The van der Waals surface area contributed by atoms with Crippen LogP contribution in [0, 0.1) is 0 Å². The number of fused-ring (bicyclic) bond motifs is 1. The Kier molecular flexibility index (Phi) is 2.66. The Labute approximate surface area is 103 Å². The molecule has 3 nitrogen and oxygen atoms in total. The molecule has 0 fully saturated rings. The molecule has 0 aliphatic carbocycles. The minimum absolute atomic E-state index is 0.632. The van der Waals surface area contributed by atoms with Crippen LogP contribution in [0.5, 0.6) is 0 Å². The number of rotatable bonds is 3. The van der Waals surface area contributed by atoms with Crippen molar-refractivity contribution in [1.29, 1.82) is 0 Å². The Morgan fingerprint density at radius 2 is 2.18 bits per heavy atom. The van der Waals surface area contributed by atoms with Crippen LogP contribution in [0.2, 0.25) is 0 Å². The molecule has 86 valence electrons. The van der Waals surface area contributed by atoms with E-state index in [1.807, 2.05) is 35.7 Å². The van der Waals surface area contributed by atoms with Gasteiger partial charge in [-0.15, -0.1) is 11.3 Å². The summed E-state index contributed by atoms with van der Waals surface area (Å²) in [4.78, 5) is 4.51. The largest absolute Gasteiger partial charge is 0.454 e. The smallest absolute Gasteiger partial charge is 0.154 e. The van der Waals surface area contributed by atoms with E-state index in [-0.39, 0.29) is 0 Å². The third kappa shape index (κ3) is 1.97. The Bertz CT molecular complexity index is 608. The third-order valence-corrected chi connectivity index (χ3v) is 3.50. The van der Waals surface area contributed by atoms with Crippen LogP contribution in [-0.2, 0) is 6.42 Å². The summed E-state index contributed by atoms with van der Waals surface area (Å²) in [7, 11) is 0. The fourth-order valence-electron chi connectivity index (χ4n) is 1.77. The van der Waals surface area contributed by atoms with Crippen molar-refractivity contribution in [2.75, 3.05) is 6.54 Å². The first-order valence-corrected chi connectivity index (χ1v) is 6.38. The first kappa shape index (κ1) is 10.5. The average Bonchev–Trinajstić information content (AvgIpc) is 2.94. The zero-order valence-corrected chi connectivity index (χ0v) is 10.0. The van der Waals surface area contributed by atoms with Gasteiger partial charge in [-0.05, 0) is 18.7 Å². The van der Waals surface area contributed by atoms with Gasteiger partial charge in [-0.1, -0.05) is 18.2 Å². The molecule has 17 heavy (non-hydrogen) atoms. The van der Waals surface area contributed by atoms with Crippen molar-refractivity contribution in [2.24, 2.45) is 5.73 Å². The fraction of sp³-hybridized carbons (Fsp3) is 0.154. The number of thiazole rings is 1. The van der Waals surface area contributed by atoms with Gasteiger partial charge in [0, 0.05) is 17.2 Å². The standard InChI is InChI=1S/C13H12N2OS/c14-6-5-13-15-10(8-17-13)12-7-9-3-1-2-4-11(9)16-12/h1-4,7-8H,5-6,14H2. The van der Waals surface area contributed by atoms with Crippen LogP contribution in [0.3, 0.4) is 0 Å². The molecule has 0 bridgehead atoms. The van der Waals surface area contributed by atoms with Crippen molar-refractivity contribution in [2.45, 2.75) is 6.42 Å². The number of nitrogens with zero attached hydrogens (tertiary/aromatic N) is 1. The average molecular weight is 244 g/mol. The predicted molar refractivity (Wildman–Crippen MR) is 70.1 cm³/mol. The number of benzene rings is 1. The van der Waals surface area contributed by atoms with Gasteiger partial charge in [-0.3, -0.25) is 0 Å². The molecule has 0 aliphatic heterocycles. The minimum Gasteiger partial charge on any atom is -0.454 e. The number of hydrogen-bond acceptors (Lipinski definition) is 4. The van der Waals surface area contributed by atoms with Crippen LogP contribution >= 0.6 is 11.3 Å². The van der Waals surface area contributed by atoms with Crippen LogP contribution in [0.25, 0.3) is 22.4 Å². The molecule has 0 radical (unpaired) electrons. The fourth-order valence-corrected chi connectivity index (χ4v) is 2.57. The molecular weight excluding hydrogens is 232 g/mol. The summed E-state index contributed by atoms with van der Waals surface area (Å²) in [6, 6.07) is 10.00.